The van der Waals surface area contributed by atoms with Crippen molar-refractivity contribution in [3.05, 3.63) is 48.2 Å². The second-order valence-corrected chi connectivity index (χ2v) is 9.29. The lowest BCUT2D eigenvalue weighted by atomic mass is 10.0. The molecule has 0 aliphatic carbocycles. The molecule has 0 radical (unpaired) electrons. The number of hydrogen-bond donors (Lipinski definition) is 1. The summed E-state index contributed by atoms with van der Waals surface area (Å²) in [6, 6.07) is 10.5. The summed E-state index contributed by atoms with van der Waals surface area (Å²) in [5.74, 6) is 1.17. The number of alkyl halides is 1. The van der Waals surface area contributed by atoms with Crippen LogP contribution < -0.4 is 9.62 Å². The topological polar surface area (TPSA) is 65.5 Å². The zero-order valence-corrected chi connectivity index (χ0v) is 19.1. The van der Waals surface area contributed by atoms with Crippen LogP contribution in [0, 0.1) is 0 Å². The maximum absolute atomic E-state index is 12.6. The van der Waals surface area contributed by atoms with E-state index in [-0.39, 0.29) is 24.0 Å². The fourth-order valence-electron chi connectivity index (χ4n) is 3.36. The van der Waals surface area contributed by atoms with E-state index in [2.05, 4.69) is 33.4 Å². The van der Waals surface area contributed by atoms with E-state index in [1.807, 2.05) is 18.2 Å². The van der Waals surface area contributed by atoms with Gasteiger partial charge >= 0.3 is 0 Å². The molecule has 30 heavy (non-hydrogen) atoms. The molecule has 0 amide bonds. The quantitative estimate of drug-likeness (QED) is 0.652. The molecular weight excluding hydrogens is 427 g/mol. The first-order valence-electron chi connectivity index (χ1n) is 10.0. The molecule has 166 valence electrons. The molecule has 0 spiro atoms. The molecule has 1 fully saturated rings. The fourth-order valence-corrected chi connectivity index (χ4v) is 4.41. The molecule has 1 aliphatic rings. The molecule has 0 saturated carbocycles. The van der Waals surface area contributed by atoms with Crippen LogP contribution in [0.2, 0.25) is 0 Å². The molecule has 0 atom stereocenters. The molecule has 6 nitrogen and oxygen atoms in total. The summed E-state index contributed by atoms with van der Waals surface area (Å²) in [6.45, 7) is 8.06. The van der Waals surface area contributed by atoms with Gasteiger partial charge in [0, 0.05) is 32.7 Å². The summed E-state index contributed by atoms with van der Waals surface area (Å²) in [4.78, 5) is 9.07. The number of sulfonamides is 1. The van der Waals surface area contributed by atoms with E-state index in [0.29, 0.717) is 18.0 Å². The van der Waals surface area contributed by atoms with Gasteiger partial charge in [-0.3, -0.25) is 14.0 Å². The summed E-state index contributed by atoms with van der Waals surface area (Å²) in [5.41, 5.74) is 1.53. The highest BCUT2D eigenvalue weighted by Crippen LogP contribution is 2.21. The van der Waals surface area contributed by atoms with Crippen molar-refractivity contribution in [1.29, 1.82) is 0 Å². The predicted octanol–water partition coefficient (Wildman–Crippen LogP) is 3.91. The summed E-state index contributed by atoms with van der Waals surface area (Å²) < 4.78 is 40.1. The van der Waals surface area contributed by atoms with Gasteiger partial charge in [-0.15, -0.1) is 12.4 Å². The van der Waals surface area contributed by atoms with Gasteiger partial charge in [-0.25, -0.2) is 13.4 Å². The second kappa shape index (κ2) is 10.9. The van der Waals surface area contributed by atoms with Gasteiger partial charge in [-0.05, 0) is 42.2 Å². The van der Waals surface area contributed by atoms with Gasteiger partial charge in [-0.1, -0.05) is 26.0 Å². The lowest BCUT2D eigenvalue weighted by molar-refractivity contribution is 0.244. The maximum Gasteiger partial charge on any atom is 0.261 e. The number of pyridine rings is 1. The Morgan fingerprint density at radius 3 is 2.27 bits per heavy atom. The van der Waals surface area contributed by atoms with Crippen LogP contribution in [0.15, 0.2) is 47.5 Å². The first-order chi connectivity index (χ1) is 13.9. The molecular formula is C21H30ClFN4O2S. The summed E-state index contributed by atoms with van der Waals surface area (Å²) >= 11 is 0. The number of nitrogens with zero attached hydrogens (tertiary/aromatic N) is 3. The third kappa shape index (κ3) is 6.30. The smallest absolute Gasteiger partial charge is 0.261 e. The Balaban J connectivity index is 0.00000320. The lowest BCUT2D eigenvalue weighted by Crippen LogP contribution is -2.47. The average molecular weight is 457 g/mol. The molecule has 9 heteroatoms. The van der Waals surface area contributed by atoms with Crippen molar-refractivity contribution in [1.82, 2.24) is 9.88 Å². The standard InChI is InChI=1S/C21H29FN4O2S.ClH/c1-17(2)18-4-7-20(8-5-18)29(27,28)24-19-6-9-21(23-16-19)26-14-12-25(13-15-26)11-3-10-22;/h4-9,16-17,24H,3,10-15H2,1-2H3;1H. The van der Waals surface area contributed by atoms with Gasteiger partial charge in [0.15, 0.2) is 0 Å². The monoisotopic (exact) mass is 456 g/mol. The third-order valence-corrected chi connectivity index (χ3v) is 6.56. The molecule has 1 N–H and O–H groups in total. The predicted molar refractivity (Wildman–Crippen MR) is 122 cm³/mol. The van der Waals surface area contributed by atoms with Crippen LogP contribution in [-0.4, -0.2) is 57.7 Å². The second-order valence-electron chi connectivity index (χ2n) is 7.61. The van der Waals surface area contributed by atoms with E-state index >= 15 is 0 Å². The van der Waals surface area contributed by atoms with Gasteiger partial charge in [0.25, 0.3) is 10.0 Å². The lowest BCUT2D eigenvalue weighted by Gasteiger charge is -2.35. The first-order valence-corrected chi connectivity index (χ1v) is 11.5. The summed E-state index contributed by atoms with van der Waals surface area (Å²) in [7, 11) is -3.65. The number of halogens is 2. The van der Waals surface area contributed by atoms with E-state index < -0.39 is 10.0 Å². The highest BCUT2D eigenvalue weighted by Gasteiger charge is 2.18. The Hall–Kier alpha value is -1.90. The maximum atomic E-state index is 12.6. The first kappa shape index (κ1) is 24.4. The molecule has 1 aliphatic heterocycles. The Kier molecular flexibility index (Phi) is 8.88. The van der Waals surface area contributed by atoms with Crippen molar-refractivity contribution in [3.63, 3.8) is 0 Å². The largest absolute Gasteiger partial charge is 0.354 e. The molecule has 2 heterocycles. The zero-order valence-electron chi connectivity index (χ0n) is 17.4. The Morgan fingerprint density at radius 1 is 1.07 bits per heavy atom. The summed E-state index contributed by atoms with van der Waals surface area (Å²) in [6.07, 6.45) is 2.12. The van der Waals surface area contributed by atoms with Gasteiger partial charge in [0.1, 0.15) is 5.82 Å². The van der Waals surface area contributed by atoms with Crippen molar-refractivity contribution in [2.75, 3.05) is 49.0 Å². The Morgan fingerprint density at radius 2 is 1.73 bits per heavy atom. The molecule has 1 aromatic carbocycles. The molecule has 1 aromatic heterocycles. The SMILES string of the molecule is CC(C)c1ccc(S(=O)(=O)Nc2ccc(N3CCN(CCCF)CC3)nc2)cc1.Cl. The number of benzene rings is 1. The van der Waals surface area contributed by atoms with Crippen molar-refractivity contribution in [2.45, 2.75) is 31.1 Å². The van der Waals surface area contributed by atoms with Gasteiger partial charge in [0.05, 0.1) is 23.5 Å². The number of rotatable bonds is 8. The molecule has 0 unspecified atom stereocenters. The molecule has 0 bridgehead atoms. The van der Waals surface area contributed by atoms with E-state index in [4.69, 9.17) is 0 Å². The Bertz CT molecular complexity index is 884. The van der Waals surface area contributed by atoms with Crippen molar-refractivity contribution in [3.8, 4) is 0 Å². The number of anilines is 2. The highest BCUT2D eigenvalue weighted by atomic mass is 35.5. The van der Waals surface area contributed by atoms with Crippen LogP contribution in [0.5, 0.6) is 0 Å². The van der Waals surface area contributed by atoms with Gasteiger partial charge in [0.2, 0.25) is 0 Å². The van der Waals surface area contributed by atoms with Crippen molar-refractivity contribution >= 4 is 33.9 Å². The normalized spacial score (nSPS) is 15.1. The van der Waals surface area contributed by atoms with Crippen LogP contribution in [0.3, 0.4) is 0 Å². The average Bonchev–Trinajstić information content (AvgIpc) is 2.73. The number of piperazine rings is 1. The van der Waals surface area contributed by atoms with E-state index in [0.717, 1.165) is 44.1 Å². The molecule has 2 aromatic rings. The number of nitrogens with one attached hydrogen (secondary N) is 1. The van der Waals surface area contributed by atoms with Gasteiger partial charge < -0.3 is 4.90 Å². The van der Waals surface area contributed by atoms with Crippen LogP contribution >= 0.6 is 12.4 Å². The summed E-state index contributed by atoms with van der Waals surface area (Å²) in [5, 5.41) is 0. The van der Waals surface area contributed by atoms with E-state index in [9.17, 15) is 12.8 Å². The van der Waals surface area contributed by atoms with Crippen LogP contribution in [0.4, 0.5) is 15.9 Å². The minimum absolute atomic E-state index is 0. The molecule has 3 rings (SSSR count). The van der Waals surface area contributed by atoms with E-state index in [1.165, 1.54) is 0 Å². The van der Waals surface area contributed by atoms with Crippen molar-refractivity contribution in [2.24, 2.45) is 0 Å². The van der Waals surface area contributed by atoms with Gasteiger partial charge in [-0.2, -0.15) is 0 Å². The van der Waals surface area contributed by atoms with Crippen molar-refractivity contribution < 1.29 is 12.8 Å². The third-order valence-electron chi connectivity index (χ3n) is 5.16. The molecule has 1 saturated heterocycles. The van der Waals surface area contributed by atoms with Crippen LogP contribution in [0.25, 0.3) is 0 Å². The van der Waals surface area contributed by atoms with Crippen LogP contribution in [-0.2, 0) is 10.0 Å². The van der Waals surface area contributed by atoms with E-state index in [1.54, 1.807) is 24.4 Å². The fraction of sp³-hybridized carbons (Fsp3) is 0.476. The minimum Gasteiger partial charge on any atom is -0.354 e. The Labute approximate surface area is 185 Å². The number of aromatic nitrogens is 1. The minimum atomic E-state index is -3.65. The highest BCUT2D eigenvalue weighted by molar-refractivity contribution is 7.92. The van der Waals surface area contributed by atoms with Crippen LogP contribution in [0.1, 0.15) is 31.7 Å². The number of hydrogen-bond acceptors (Lipinski definition) is 5. The zero-order chi connectivity index (χ0) is 20.9.